The summed E-state index contributed by atoms with van der Waals surface area (Å²) < 4.78 is 30.9. The average Bonchev–Trinajstić information content (AvgIpc) is 3.27. The molecule has 0 aliphatic carbocycles. The summed E-state index contributed by atoms with van der Waals surface area (Å²) in [6.45, 7) is 4.69. The van der Waals surface area contributed by atoms with Crippen molar-refractivity contribution in [1.82, 2.24) is 20.5 Å². The molecule has 1 aromatic heterocycles. The van der Waals surface area contributed by atoms with Gasteiger partial charge in [0, 0.05) is 38.0 Å². The number of furan rings is 1. The van der Waals surface area contributed by atoms with Gasteiger partial charge in [0.1, 0.15) is 11.3 Å². The lowest BCUT2D eigenvalue weighted by Crippen LogP contribution is -2.33. The molecule has 1 aliphatic heterocycles. The van der Waals surface area contributed by atoms with Crippen LogP contribution < -0.4 is 16.2 Å². The van der Waals surface area contributed by atoms with E-state index >= 15 is 0 Å². The van der Waals surface area contributed by atoms with E-state index in [0.29, 0.717) is 12.5 Å². The molecule has 1 aliphatic rings. The van der Waals surface area contributed by atoms with Crippen molar-refractivity contribution in [3.05, 3.63) is 36.1 Å². The molecule has 3 rings (SSSR count). The number of hydrogen-bond acceptors (Lipinski definition) is 6. The minimum atomic E-state index is -3.09. The molecule has 0 radical (unpaired) electrons. The molecule has 1 saturated heterocycles. The van der Waals surface area contributed by atoms with Crippen LogP contribution in [0.3, 0.4) is 0 Å². The molecule has 0 amide bonds. The summed E-state index contributed by atoms with van der Waals surface area (Å²) in [6, 6.07) is 10.2. The van der Waals surface area contributed by atoms with Crippen LogP contribution >= 0.6 is 0 Å². The number of fused-ring (bicyclic) bond motifs is 1. The molecule has 1 fully saturated rings. The lowest BCUT2D eigenvalue weighted by Gasteiger charge is -2.18. The van der Waals surface area contributed by atoms with Gasteiger partial charge in [0.05, 0.1) is 11.8 Å². The van der Waals surface area contributed by atoms with Crippen LogP contribution in [0.2, 0.25) is 0 Å². The molecule has 0 spiro atoms. The monoisotopic (exact) mass is 380 g/mol. The third-order valence-corrected chi connectivity index (χ3v) is 6.78. The molecular formula is C18H28N4O3S. The molecule has 0 saturated carbocycles. The van der Waals surface area contributed by atoms with Crippen LogP contribution in [-0.2, 0) is 10.0 Å². The Bertz CT molecular complexity index is 788. The summed E-state index contributed by atoms with van der Waals surface area (Å²) in [5, 5.41) is 4.56. The van der Waals surface area contributed by atoms with Crippen molar-refractivity contribution in [3.8, 4) is 0 Å². The molecule has 7 nitrogen and oxygen atoms in total. The maximum Gasteiger partial charge on any atom is 0.213 e. The van der Waals surface area contributed by atoms with E-state index in [4.69, 9.17) is 4.42 Å². The summed E-state index contributed by atoms with van der Waals surface area (Å²) in [5.41, 5.74) is 7.42. The van der Waals surface area contributed by atoms with E-state index in [1.165, 1.54) is 4.31 Å². The van der Waals surface area contributed by atoms with E-state index in [1.807, 2.05) is 18.2 Å². The number of sulfonamides is 1. The van der Waals surface area contributed by atoms with Crippen LogP contribution in [0.15, 0.2) is 34.7 Å². The Kier molecular flexibility index (Phi) is 6.31. The minimum Gasteiger partial charge on any atom is -0.459 e. The Morgan fingerprint density at radius 1 is 1.35 bits per heavy atom. The second-order valence-electron chi connectivity index (χ2n) is 6.73. The molecule has 8 heteroatoms. The topological polar surface area (TPSA) is 86.6 Å². The number of nitrogens with zero attached hydrogens (tertiary/aromatic N) is 1. The van der Waals surface area contributed by atoms with Gasteiger partial charge < -0.3 is 9.73 Å². The predicted octanol–water partition coefficient (Wildman–Crippen LogP) is 1.46. The number of hydrogen-bond donors (Lipinski definition) is 3. The summed E-state index contributed by atoms with van der Waals surface area (Å²) in [7, 11) is -1.45. The normalized spacial score (nSPS) is 21.0. The highest BCUT2D eigenvalue weighted by Gasteiger charge is 2.30. The van der Waals surface area contributed by atoms with Gasteiger partial charge in [-0.25, -0.2) is 18.1 Å². The van der Waals surface area contributed by atoms with E-state index < -0.39 is 10.0 Å². The number of hydrazine groups is 1. The molecule has 2 unspecified atom stereocenters. The molecular weight excluding hydrogens is 352 g/mol. The number of nitrogens with one attached hydrogen (secondary N) is 3. The van der Waals surface area contributed by atoms with Crippen LogP contribution in [-0.4, -0.2) is 51.7 Å². The lowest BCUT2D eigenvalue weighted by molar-refractivity contribution is 0.375. The fraction of sp³-hybridized carbons (Fsp3) is 0.556. The fourth-order valence-corrected chi connectivity index (χ4v) is 4.11. The first-order valence-corrected chi connectivity index (χ1v) is 10.7. The number of para-hydroxylation sites is 1. The highest BCUT2D eigenvalue weighted by Crippen LogP contribution is 2.29. The van der Waals surface area contributed by atoms with Crippen molar-refractivity contribution >= 4 is 21.0 Å². The third-order valence-electron chi connectivity index (χ3n) is 4.92. The predicted molar refractivity (Wildman–Crippen MR) is 103 cm³/mol. The number of benzene rings is 1. The van der Waals surface area contributed by atoms with Crippen LogP contribution in [0.25, 0.3) is 11.0 Å². The molecule has 144 valence electrons. The SMILES string of the molecule is CCS(=O)(=O)N(C)CCCNCC1CNNC1c1cc2ccccc2o1. The van der Waals surface area contributed by atoms with Crippen molar-refractivity contribution in [2.24, 2.45) is 5.92 Å². The first-order chi connectivity index (χ1) is 12.5. The Hall–Kier alpha value is -1.45. The van der Waals surface area contributed by atoms with Crippen molar-refractivity contribution in [1.29, 1.82) is 0 Å². The highest BCUT2D eigenvalue weighted by atomic mass is 32.2. The standard InChI is InChI=1S/C18H28N4O3S/c1-3-26(23,24)22(2)10-6-9-19-12-15-13-20-21-18(15)17-11-14-7-4-5-8-16(14)25-17/h4-5,7-8,11,15,18-21H,3,6,9-10,12-13H2,1-2H3. The van der Waals surface area contributed by atoms with Gasteiger partial charge in [0.25, 0.3) is 0 Å². The molecule has 2 heterocycles. The molecule has 1 aromatic carbocycles. The largest absolute Gasteiger partial charge is 0.459 e. The Labute approximate surface area is 155 Å². The van der Waals surface area contributed by atoms with E-state index in [2.05, 4.69) is 28.3 Å². The van der Waals surface area contributed by atoms with Gasteiger partial charge in [0.2, 0.25) is 10.0 Å². The minimum absolute atomic E-state index is 0.123. The molecule has 3 N–H and O–H groups in total. The van der Waals surface area contributed by atoms with Gasteiger partial charge in [-0.1, -0.05) is 18.2 Å². The van der Waals surface area contributed by atoms with E-state index in [9.17, 15) is 8.42 Å². The van der Waals surface area contributed by atoms with Crippen LogP contribution in [0.4, 0.5) is 0 Å². The van der Waals surface area contributed by atoms with Crippen LogP contribution in [0.1, 0.15) is 25.1 Å². The Morgan fingerprint density at radius 2 is 2.15 bits per heavy atom. The first kappa shape index (κ1) is 19.3. The smallest absolute Gasteiger partial charge is 0.213 e. The van der Waals surface area contributed by atoms with Gasteiger partial charge >= 0.3 is 0 Å². The van der Waals surface area contributed by atoms with Crippen molar-refractivity contribution < 1.29 is 12.8 Å². The zero-order valence-corrected chi connectivity index (χ0v) is 16.2. The number of rotatable bonds is 9. The van der Waals surface area contributed by atoms with Gasteiger partial charge in [-0.3, -0.25) is 5.43 Å². The quantitative estimate of drug-likeness (QED) is 0.571. The summed E-state index contributed by atoms with van der Waals surface area (Å²) >= 11 is 0. The van der Waals surface area contributed by atoms with E-state index in [-0.39, 0.29) is 11.8 Å². The third kappa shape index (κ3) is 4.44. The average molecular weight is 381 g/mol. The van der Waals surface area contributed by atoms with E-state index in [0.717, 1.165) is 42.8 Å². The Balaban J connectivity index is 1.47. The molecule has 26 heavy (non-hydrogen) atoms. The zero-order valence-electron chi connectivity index (χ0n) is 15.4. The summed E-state index contributed by atoms with van der Waals surface area (Å²) in [6.07, 6.45) is 0.790. The van der Waals surface area contributed by atoms with Gasteiger partial charge in [-0.15, -0.1) is 0 Å². The van der Waals surface area contributed by atoms with E-state index in [1.54, 1.807) is 14.0 Å². The molecule has 2 aromatic rings. The lowest BCUT2D eigenvalue weighted by atomic mass is 9.99. The molecule has 2 atom stereocenters. The summed E-state index contributed by atoms with van der Waals surface area (Å²) in [4.78, 5) is 0. The zero-order chi connectivity index (χ0) is 18.6. The van der Waals surface area contributed by atoms with Gasteiger partial charge in [-0.05, 0) is 32.0 Å². The van der Waals surface area contributed by atoms with Crippen molar-refractivity contribution in [2.45, 2.75) is 19.4 Å². The van der Waals surface area contributed by atoms with Crippen molar-refractivity contribution in [2.75, 3.05) is 39.0 Å². The maximum absolute atomic E-state index is 11.7. The van der Waals surface area contributed by atoms with Gasteiger partial charge in [-0.2, -0.15) is 0 Å². The summed E-state index contributed by atoms with van der Waals surface area (Å²) in [5.74, 6) is 1.46. The fourth-order valence-electron chi connectivity index (χ4n) is 3.26. The van der Waals surface area contributed by atoms with Gasteiger partial charge in [0.15, 0.2) is 0 Å². The van der Waals surface area contributed by atoms with Crippen LogP contribution in [0, 0.1) is 5.92 Å². The molecule has 0 bridgehead atoms. The van der Waals surface area contributed by atoms with Crippen LogP contribution in [0.5, 0.6) is 0 Å². The Morgan fingerprint density at radius 3 is 2.92 bits per heavy atom. The highest BCUT2D eigenvalue weighted by molar-refractivity contribution is 7.89. The first-order valence-electron chi connectivity index (χ1n) is 9.13. The second kappa shape index (κ2) is 8.49. The van der Waals surface area contributed by atoms with Crippen molar-refractivity contribution in [3.63, 3.8) is 0 Å². The maximum atomic E-state index is 11.7. The second-order valence-corrected chi connectivity index (χ2v) is 9.09.